The molecule has 2 aromatic heterocycles. The number of halogens is 1. The van der Waals surface area contributed by atoms with E-state index in [1.807, 2.05) is 67.6 Å². The fraction of sp³-hybridized carbons (Fsp3) is 0.219. The maximum Gasteiger partial charge on any atom is 0.307 e. The Morgan fingerprint density at radius 1 is 1.00 bits per heavy atom. The topological polar surface area (TPSA) is 92.5 Å². The van der Waals surface area contributed by atoms with Crippen molar-refractivity contribution in [2.24, 2.45) is 0 Å². The zero-order valence-electron chi connectivity index (χ0n) is 23.0. The van der Waals surface area contributed by atoms with Gasteiger partial charge in [0.05, 0.1) is 29.3 Å². The summed E-state index contributed by atoms with van der Waals surface area (Å²) < 4.78 is 6.40. The Kier molecular flexibility index (Phi) is 8.88. The quantitative estimate of drug-likeness (QED) is 0.213. The minimum atomic E-state index is -0.870. The molecule has 0 bridgehead atoms. The first kappa shape index (κ1) is 29.2. The molecule has 0 fully saturated rings. The van der Waals surface area contributed by atoms with Crippen molar-refractivity contribution in [3.63, 3.8) is 0 Å². The number of nitrogens with zero attached hydrogens (tertiary/aromatic N) is 2. The number of hydrogen-bond acceptors (Lipinski definition) is 6. The Labute approximate surface area is 242 Å². The lowest BCUT2D eigenvalue weighted by Gasteiger charge is -2.13. The van der Waals surface area contributed by atoms with Crippen LogP contribution in [0.4, 0.5) is 0 Å². The van der Waals surface area contributed by atoms with Crippen LogP contribution in [0.25, 0.3) is 43.0 Å². The van der Waals surface area contributed by atoms with E-state index < -0.39 is 11.6 Å². The van der Waals surface area contributed by atoms with Crippen LogP contribution in [0.5, 0.6) is 5.88 Å². The lowest BCUT2D eigenvalue weighted by molar-refractivity contribution is -0.136. The zero-order valence-corrected chi connectivity index (χ0v) is 24.6. The molecule has 0 aliphatic rings. The van der Waals surface area contributed by atoms with E-state index in [1.165, 1.54) is 0 Å². The van der Waals surface area contributed by atoms with Crippen LogP contribution in [0.3, 0.4) is 0 Å². The highest BCUT2D eigenvalue weighted by Gasteiger charge is 2.20. The van der Waals surface area contributed by atoms with Crippen molar-refractivity contribution in [1.29, 1.82) is 0 Å². The smallest absolute Gasteiger partial charge is 0.307 e. The number of aliphatic hydroxyl groups is 1. The van der Waals surface area contributed by atoms with Crippen molar-refractivity contribution < 1.29 is 19.7 Å². The van der Waals surface area contributed by atoms with Crippen LogP contribution >= 0.6 is 22.9 Å². The number of aliphatic carboxylic acids is 1. The molecule has 0 radical (unpaired) electrons. The van der Waals surface area contributed by atoms with Crippen LogP contribution in [-0.2, 0) is 11.2 Å². The van der Waals surface area contributed by atoms with E-state index in [4.69, 9.17) is 26.4 Å². The van der Waals surface area contributed by atoms with Crippen LogP contribution < -0.4 is 4.74 Å². The third-order valence-electron chi connectivity index (χ3n) is 5.86. The van der Waals surface area contributed by atoms with Gasteiger partial charge in [0.25, 0.3) is 0 Å². The van der Waals surface area contributed by atoms with E-state index in [9.17, 15) is 9.90 Å². The van der Waals surface area contributed by atoms with Crippen LogP contribution in [0, 0.1) is 6.92 Å². The molecule has 0 unspecified atom stereocenters. The standard InChI is InChI=1S/C28H21ClN2O3S.C4H10O/c1-16-13-23-26(25(22(16)15-24(32)33)17-8-10-20(29)11-9-17)35-28(31-23)19-6-3-5-18(14-19)21-7-4-12-30-27(21)34-2;1-4(2,3)5/h3-14H,15H2,1-2H3,(H,32,33);5H,1-3H3. The van der Waals surface area contributed by atoms with Crippen molar-refractivity contribution in [1.82, 2.24) is 9.97 Å². The van der Waals surface area contributed by atoms with E-state index in [0.717, 1.165) is 54.2 Å². The second kappa shape index (κ2) is 12.2. The van der Waals surface area contributed by atoms with Gasteiger partial charge < -0.3 is 14.9 Å². The number of carbonyl (C=O) groups is 1. The number of carboxylic acids is 1. The van der Waals surface area contributed by atoms with Crippen molar-refractivity contribution >= 4 is 39.1 Å². The van der Waals surface area contributed by atoms with Crippen molar-refractivity contribution in [2.45, 2.75) is 39.7 Å². The van der Waals surface area contributed by atoms with Crippen LogP contribution in [0.15, 0.2) is 72.9 Å². The molecule has 8 heteroatoms. The molecule has 0 saturated carbocycles. The SMILES string of the molecule is CC(C)(C)O.COc1ncccc1-c1cccc(-c2nc3cc(C)c(CC(=O)O)c(-c4ccc(Cl)cc4)c3s2)c1. The number of pyridine rings is 1. The Balaban J connectivity index is 0.000000681. The molecular weight excluding hydrogens is 544 g/mol. The van der Waals surface area contributed by atoms with Crippen LogP contribution in [0.2, 0.25) is 5.02 Å². The van der Waals surface area contributed by atoms with Gasteiger partial charge in [-0.15, -0.1) is 11.3 Å². The molecule has 0 atom stereocenters. The van der Waals surface area contributed by atoms with E-state index >= 15 is 0 Å². The summed E-state index contributed by atoms with van der Waals surface area (Å²) in [5, 5.41) is 19.6. The first-order chi connectivity index (χ1) is 18.9. The van der Waals surface area contributed by atoms with E-state index in [0.29, 0.717) is 10.9 Å². The van der Waals surface area contributed by atoms with E-state index in [1.54, 1.807) is 45.4 Å². The lowest BCUT2D eigenvalue weighted by atomic mass is 9.93. The van der Waals surface area contributed by atoms with Gasteiger partial charge in [-0.25, -0.2) is 9.97 Å². The average molecular weight is 575 g/mol. The summed E-state index contributed by atoms with van der Waals surface area (Å²) in [5.41, 5.74) is 6.69. The zero-order chi connectivity index (χ0) is 29.0. The van der Waals surface area contributed by atoms with Gasteiger partial charge in [-0.2, -0.15) is 0 Å². The van der Waals surface area contributed by atoms with Gasteiger partial charge in [-0.05, 0) is 86.3 Å². The third kappa shape index (κ3) is 7.04. The molecule has 6 nitrogen and oxygen atoms in total. The van der Waals surface area contributed by atoms with Crippen molar-refractivity contribution in [3.8, 4) is 38.7 Å². The summed E-state index contributed by atoms with van der Waals surface area (Å²) in [6.45, 7) is 7.17. The van der Waals surface area contributed by atoms with Gasteiger partial charge in [-0.1, -0.05) is 41.9 Å². The first-order valence-electron chi connectivity index (χ1n) is 12.7. The first-order valence-corrected chi connectivity index (χ1v) is 13.9. The molecule has 0 amide bonds. The minimum Gasteiger partial charge on any atom is -0.481 e. The number of rotatable bonds is 6. The van der Waals surface area contributed by atoms with Gasteiger partial charge in [0.2, 0.25) is 5.88 Å². The summed E-state index contributed by atoms with van der Waals surface area (Å²) in [4.78, 5) is 21.0. The second-order valence-electron chi connectivity index (χ2n) is 10.3. The fourth-order valence-electron chi connectivity index (χ4n) is 4.25. The second-order valence-corrected chi connectivity index (χ2v) is 11.7. The van der Waals surface area contributed by atoms with E-state index in [2.05, 4.69) is 11.1 Å². The number of methoxy groups -OCH3 is 1. The Morgan fingerprint density at radius 2 is 1.68 bits per heavy atom. The summed E-state index contributed by atoms with van der Waals surface area (Å²) >= 11 is 7.68. The predicted octanol–water partition coefficient (Wildman–Crippen LogP) is 8.07. The maximum absolute atomic E-state index is 11.7. The number of aryl methyl sites for hydroxylation is 1. The Bertz CT molecular complexity index is 1650. The van der Waals surface area contributed by atoms with Gasteiger partial charge in [0, 0.05) is 27.9 Å². The highest BCUT2D eigenvalue weighted by molar-refractivity contribution is 7.22. The monoisotopic (exact) mass is 574 g/mol. The number of thiazole rings is 1. The minimum absolute atomic E-state index is 0.0662. The number of fused-ring (bicyclic) bond motifs is 1. The Hall–Kier alpha value is -3.78. The summed E-state index contributed by atoms with van der Waals surface area (Å²) in [5.74, 6) is -0.307. The summed E-state index contributed by atoms with van der Waals surface area (Å²) in [6.07, 6.45) is 1.64. The average Bonchev–Trinajstić information content (AvgIpc) is 3.32. The van der Waals surface area contributed by atoms with Crippen molar-refractivity contribution in [2.75, 3.05) is 7.11 Å². The maximum atomic E-state index is 11.7. The van der Waals surface area contributed by atoms with Crippen LogP contribution in [-0.4, -0.2) is 38.9 Å². The number of hydrogen-bond donors (Lipinski definition) is 2. The highest BCUT2D eigenvalue weighted by Crippen LogP contribution is 2.42. The molecule has 5 aromatic rings. The van der Waals surface area contributed by atoms with Gasteiger partial charge in [-0.3, -0.25) is 4.79 Å². The normalized spacial score (nSPS) is 11.2. The molecule has 2 N–H and O–H groups in total. The number of ether oxygens (including phenoxy) is 1. The summed E-state index contributed by atoms with van der Waals surface area (Å²) in [6, 6.07) is 21.4. The molecule has 0 aliphatic heterocycles. The molecular formula is C32H31ClN2O4S. The van der Waals surface area contributed by atoms with E-state index in [-0.39, 0.29) is 6.42 Å². The molecule has 2 heterocycles. The number of benzene rings is 3. The number of aromatic nitrogens is 2. The van der Waals surface area contributed by atoms with Crippen LogP contribution in [0.1, 0.15) is 31.9 Å². The number of carboxylic acid groups (broad SMARTS) is 1. The molecule has 5 rings (SSSR count). The molecule has 40 heavy (non-hydrogen) atoms. The third-order valence-corrected chi connectivity index (χ3v) is 7.25. The van der Waals surface area contributed by atoms with Gasteiger partial charge in [0.1, 0.15) is 5.01 Å². The molecule has 3 aromatic carbocycles. The highest BCUT2D eigenvalue weighted by atomic mass is 35.5. The molecule has 206 valence electrons. The van der Waals surface area contributed by atoms with Crippen molar-refractivity contribution in [3.05, 3.63) is 89.1 Å². The van der Waals surface area contributed by atoms with Gasteiger partial charge >= 0.3 is 5.97 Å². The molecule has 0 aliphatic carbocycles. The summed E-state index contributed by atoms with van der Waals surface area (Å²) in [7, 11) is 1.61. The fourth-order valence-corrected chi connectivity index (χ4v) is 5.51. The Morgan fingerprint density at radius 3 is 2.33 bits per heavy atom. The lowest BCUT2D eigenvalue weighted by Crippen LogP contribution is -2.10. The largest absolute Gasteiger partial charge is 0.481 e. The molecule has 0 saturated heterocycles. The molecule has 0 spiro atoms. The van der Waals surface area contributed by atoms with Gasteiger partial charge in [0.15, 0.2) is 0 Å². The predicted molar refractivity (Wildman–Crippen MR) is 163 cm³/mol.